The number of hydrogen-bond acceptors (Lipinski definition) is 5. The van der Waals surface area contributed by atoms with E-state index in [0.29, 0.717) is 37.3 Å². The van der Waals surface area contributed by atoms with Gasteiger partial charge in [-0.1, -0.05) is 0 Å². The highest BCUT2D eigenvalue weighted by molar-refractivity contribution is 7.87. The van der Waals surface area contributed by atoms with Crippen LogP contribution in [0.4, 0.5) is 14.5 Å². The Hall–Kier alpha value is -3.05. The Labute approximate surface area is 190 Å². The fraction of sp³-hybridized carbons (Fsp3) is 0.364. The molecule has 0 bridgehead atoms. The summed E-state index contributed by atoms with van der Waals surface area (Å²) in [7, 11) is -3.92. The zero-order valence-corrected chi connectivity index (χ0v) is 18.6. The van der Waals surface area contributed by atoms with E-state index in [9.17, 15) is 22.0 Å². The third-order valence-corrected chi connectivity index (χ3v) is 7.77. The lowest BCUT2D eigenvalue weighted by molar-refractivity contribution is 0.0981. The van der Waals surface area contributed by atoms with E-state index in [-0.39, 0.29) is 17.2 Å². The van der Waals surface area contributed by atoms with Crippen molar-refractivity contribution in [2.24, 2.45) is 0 Å². The number of nitrogens with one attached hydrogen (secondary N) is 1. The average molecular weight is 476 g/mol. The number of pyridine rings is 1. The van der Waals surface area contributed by atoms with Gasteiger partial charge in [-0.25, -0.2) is 18.0 Å². The topological polar surface area (TPSA) is 87.0 Å². The Balaban J connectivity index is 1.45. The highest BCUT2D eigenvalue weighted by Crippen LogP contribution is 2.38. The first-order valence-electron chi connectivity index (χ1n) is 10.8. The van der Waals surface area contributed by atoms with Gasteiger partial charge < -0.3 is 4.90 Å². The Morgan fingerprint density at radius 2 is 1.85 bits per heavy atom. The zero-order valence-electron chi connectivity index (χ0n) is 17.7. The molecule has 0 radical (unpaired) electrons. The molecule has 8 nitrogen and oxygen atoms in total. The Morgan fingerprint density at radius 1 is 1.06 bits per heavy atom. The smallest absolute Gasteiger partial charge is 0.304 e. The van der Waals surface area contributed by atoms with E-state index < -0.39 is 27.8 Å². The van der Waals surface area contributed by atoms with E-state index in [1.54, 1.807) is 18.3 Å². The van der Waals surface area contributed by atoms with Gasteiger partial charge in [0, 0.05) is 37.1 Å². The van der Waals surface area contributed by atoms with Crippen molar-refractivity contribution in [3.8, 4) is 0 Å². The number of carbonyl (C=O) groups is 1. The molecule has 11 heteroatoms. The van der Waals surface area contributed by atoms with Gasteiger partial charge in [-0.05, 0) is 56.0 Å². The van der Waals surface area contributed by atoms with Crippen molar-refractivity contribution >= 4 is 27.3 Å². The summed E-state index contributed by atoms with van der Waals surface area (Å²) in [6.45, 7) is 1.40. The van der Waals surface area contributed by atoms with E-state index >= 15 is 0 Å². The molecular formula is C22H23F2N5O3S. The first-order chi connectivity index (χ1) is 15.8. The van der Waals surface area contributed by atoms with Gasteiger partial charge >= 0.3 is 10.2 Å². The van der Waals surface area contributed by atoms with Crippen LogP contribution in [0.15, 0.2) is 42.7 Å². The van der Waals surface area contributed by atoms with E-state index in [4.69, 9.17) is 0 Å². The minimum absolute atomic E-state index is 0.118. The number of amides is 1. The number of fused-ring (bicyclic) bond motifs is 1. The molecule has 2 saturated heterocycles. The molecule has 5 rings (SSSR count). The fourth-order valence-corrected chi connectivity index (χ4v) is 5.87. The molecule has 4 heterocycles. The van der Waals surface area contributed by atoms with Crippen LogP contribution in [0.25, 0.3) is 5.52 Å². The molecule has 33 heavy (non-hydrogen) atoms. The number of nitrogens with zero attached hydrogens (tertiary/aromatic N) is 4. The molecule has 0 aliphatic carbocycles. The molecule has 2 aliphatic rings. The average Bonchev–Trinajstić information content (AvgIpc) is 3.54. The van der Waals surface area contributed by atoms with Gasteiger partial charge in [-0.3, -0.25) is 4.79 Å². The molecule has 2 fully saturated rings. The molecule has 1 N–H and O–H groups in total. The van der Waals surface area contributed by atoms with Gasteiger partial charge in [0.25, 0.3) is 5.91 Å². The number of rotatable bonds is 5. The first-order valence-corrected chi connectivity index (χ1v) is 12.3. The van der Waals surface area contributed by atoms with Crippen molar-refractivity contribution in [3.63, 3.8) is 0 Å². The lowest BCUT2D eigenvalue weighted by Crippen LogP contribution is -2.42. The molecule has 1 atom stereocenters. The monoisotopic (exact) mass is 475 g/mol. The summed E-state index contributed by atoms with van der Waals surface area (Å²) < 4.78 is 58.1. The lowest BCUT2D eigenvalue weighted by Gasteiger charge is -2.27. The first kappa shape index (κ1) is 21.8. The standard InChI is InChI=1S/C22H23F2N5O3S/c23-15-5-6-19(24)17(12-15)20-4-3-10-28(20)16-7-11-29-21(13-16)18(14-25-29)22(30)26-33(31,32)27-8-1-2-9-27/h5-7,11-14,20H,1-4,8-10H2,(H,26,30). The van der Waals surface area contributed by atoms with Crippen LogP contribution < -0.4 is 9.62 Å². The summed E-state index contributed by atoms with van der Waals surface area (Å²) in [5, 5.41) is 4.16. The van der Waals surface area contributed by atoms with E-state index in [1.807, 2.05) is 4.90 Å². The summed E-state index contributed by atoms with van der Waals surface area (Å²) in [6, 6.07) is 6.61. The second-order valence-corrected chi connectivity index (χ2v) is 10.0. The Bertz CT molecular complexity index is 1320. The van der Waals surface area contributed by atoms with Gasteiger partial charge in [0.05, 0.1) is 23.3 Å². The van der Waals surface area contributed by atoms with Crippen LogP contribution in [0, 0.1) is 11.6 Å². The van der Waals surface area contributed by atoms with E-state index in [2.05, 4.69) is 9.82 Å². The van der Waals surface area contributed by atoms with Gasteiger partial charge in [0.2, 0.25) is 0 Å². The largest absolute Gasteiger partial charge is 0.364 e. The predicted molar refractivity (Wildman–Crippen MR) is 118 cm³/mol. The minimum Gasteiger partial charge on any atom is -0.364 e. The highest BCUT2D eigenvalue weighted by Gasteiger charge is 2.31. The van der Waals surface area contributed by atoms with Gasteiger partial charge in [-0.15, -0.1) is 0 Å². The van der Waals surface area contributed by atoms with Crippen LogP contribution in [0.5, 0.6) is 0 Å². The van der Waals surface area contributed by atoms with Crippen molar-refractivity contribution < 1.29 is 22.0 Å². The van der Waals surface area contributed by atoms with Crippen molar-refractivity contribution in [1.82, 2.24) is 18.6 Å². The molecule has 2 aliphatic heterocycles. The second kappa shape index (κ2) is 8.38. The number of halogens is 2. The van der Waals surface area contributed by atoms with Crippen molar-refractivity contribution in [3.05, 3.63) is 65.5 Å². The maximum Gasteiger partial charge on any atom is 0.304 e. The minimum atomic E-state index is -3.92. The highest BCUT2D eigenvalue weighted by atomic mass is 32.2. The number of anilines is 1. The molecule has 2 aromatic heterocycles. The molecule has 174 valence electrons. The second-order valence-electron chi connectivity index (χ2n) is 8.33. The molecular weight excluding hydrogens is 452 g/mol. The third-order valence-electron chi connectivity index (χ3n) is 6.28. The SMILES string of the molecule is O=C(NS(=O)(=O)N1CCCC1)c1cnn2ccc(N3CCCC3c3cc(F)ccc3F)cc12. The Kier molecular flexibility index (Phi) is 5.53. The number of carbonyl (C=O) groups excluding carboxylic acids is 1. The van der Waals surface area contributed by atoms with Gasteiger partial charge in [0.1, 0.15) is 11.6 Å². The quantitative estimate of drug-likeness (QED) is 0.613. The fourth-order valence-electron chi connectivity index (χ4n) is 4.66. The van der Waals surface area contributed by atoms with Crippen LogP contribution in [0.1, 0.15) is 47.6 Å². The number of benzene rings is 1. The molecule has 0 spiro atoms. The van der Waals surface area contributed by atoms with Crippen molar-refractivity contribution in [2.45, 2.75) is 31.7 Å². The van der Waals surface area contributed by atoms with E-state index in [1.165, 1.54) is 21.1 Å². The van der Waals surface area contributed by atoms with Crippen LogP contribution in [0.2, 0.25) is 0 Å². The van der Waals surface area contributed by atoms with Gasteiger partial charge in [-0.2, -0.15) is 17.8 Å². The van der Waals surface area contributed by atoms with Crippen LogP contribution in [-0.4, -0.2) is 47.9 Å². The summed E-state index contributed by atoms with van der Waals surface area (Å²) in [5.41, 5.74) is 1.54. The van der Waals surface area contributed by atoms with Gasteiger partial charge in [0.15, 0.2) is 0 Å². The molecule has 0 saturated carbocycles. The maximum atomic E-state index is 14.4. The third kappa shape index (κ3) is 4.06. The number of aromatic nitrogens is 2. The van der Waals surface area contributed by atoms with Crippen LogP contribution in [-0.2, 0) is 10.2 Å². The Morgan fingerprint density at radius 3 is 2.64 bits per heavy atom. The molecule has 1 unspecified atom stereocenters. The molecule has 1 amide bonds. The summed E-state index contributed by atoms with van der Waals surface area (Å²) in [5.74, 6) is -1.73. The van der Waals surface area contributed by atoms with Crippen molar-refractivity contribution in [2.75, 3.05) is 24.5 Å². The molecule has 3 aromatic rings. The van der Waals surface area contributed by atoms with Crippen LogP contribution >= 0.6 is 0 Å². The summed E-state index contributed by atoms with van der Waals surface area (Å²) in [6.07, 6.45) is 5.96. The summed E-state index contributed by atoms with van der Waals surface area (Å²) in [4.78, 5) is 14.8. The predicted octanol–water partition coefficient (Wildman–Crippen LogP) is 3.02. The molecule has 1 aromatic carbocycles. The maximum absolute atomic E-state index is 14.4. The summed E-state index contributed by atoms with van der Waals surface area (Å²) >= 11 is 0. The van der Waals surface area contributed by atoms with E-state index in [0.717, 1.165) is 31.4 Å². The zero-order chi connectivity index (χ0) is 23.2. The number of hydrogen-bond donors (Lipinski definition) is 1. The lowest BCUT2D eigenvalue weighted by atomic mass is 10.0. The van der Waals surface area contributed by atoms with Crippen LogP contribution in [0.3, 0.4) is 0 Å². The van der Waals surface area contributed by atoms with Crippen molar-refractivity contribution in [1.29, 1.82) is 0 Å². The normalized spacial score (nSPS) is 19.5.